The molecule has 1 aromatic carbocycles. The van der Waals surface area contributed by atoms with Crippen molar-refractivity contribution in [1.29, 1.82) is 0 Å². The van der Waals surface area contributed by atoms with E-state index in [2.05, 4.69) is 55.3 Å². The van der Waals surface area contributed by atoms with Gasteiger partial charge in [-0.15, -0.1) is 0 Å². The Morgan fingerprint density at radius 3 is 2.71 bits per heavy atom. The molecule has 0 bridgehead atoms. The molecule has 21 heavy (non-hydrogen) atoms. The van der Waals surface area contributed by atoms with Crippen molar-refractivity contribution in [3.8, 4) is 0 Å². The summed E-state index contributed by atoms with van der Waals surface area (Å²) in [4.78, 5) is 2.84. The molecule has 2 heteroatoms. The van der Waals surface area contributed by atoms with E-state index in [0.717, 1.165) is 18.5 Å². The Morgan fingerprint density at radius 1 is 1.24 bits per heavy atom. The molecule has 2 nitrogen and oxygen atoms in total. The number of piperazine rings is 1. The molecule has 1 N–H and O–H groups in total. The molecule has 1 saturated heterocycles. The fourth-order valence-electron chi connectivity index (χ4n) is 4.13. The van der Waals surface area contributed by atoms with E-state index in [-0.39, 0.29) is 0 Å². The predicted molar refractivity (Wildman–Crippen MR) is 89.7 cm³/mol. The molecule has 0 radical (unpaired) electrons. The van der Waals surface area contributed by atoms with Gasteiger partial charge in [-0.3, -0.25) is 4.90 Å². The lowest BCUT2D eigenvalue weighted by atomic mass is 9.85. The van der Waals surface area contributed by atoms with Gasteiger partial charge in [0.15, 0.2) is 0 Å². The molecular formula is C19H30N2. The fourth-order valence-corrected chi connectivity index (χ4v) is 4.13. The highest BCUT2D eigenvalue weighted by atomic mass is 15.3. The number of rotatable bonds is 3. The Kier molecular flexibility index (Phi) is 4.66. The van der Waals surface area contributed by atoms with Crippen LogP contribution >= 0.6 is 0 Å². The van der Waals surface area contributed by atoms with Crippen LogP contribution in [0.1, 0.15) is 44.7 Å². The van der Waals surface area contributed by atoms with Crippen LogP contribution in [0.15, 0.2) is 24.3 Å². The molecule has 2 aliphatic rings. The van der Waals surface area contributed by atoms with E-state index in [0.29, 0.717) is 12.1 Å². The van der Waals surface area contributed by atoms with Crippen molar-refractivity contribution in [2.75, 3.05) is 13.1 Å². The average Bonchev–Trinajstić information content (AvgIpc) is 2.53. The van der Waals surface area contributed by atoms with E-state index >= 15 is 0 Å². The molecule has 0 saturated carbocycles. The van der Waals surface area contributed by atoms with Crippen molar-refractivity contribution in [2.24, 2.45) is 5.92 Å². The minimum Gasteiger partial charge on any atom is -0.311 e. The second-order valence-corrected chi connectivity index (χ2v) is 7.19. The summed E-state index contributed by atoms with van der Waals surface area (Å²) >= 11 is 0. The first-order valence-corrected chi connectivity index (χ1v) is 8.75. The highest BCUT2D eigenvalue weighted by Gasteiger charge is 2.35. The monoisotopic (exact) mass is 286 g/mol. The number of nitrogens with zero attached hydrogens (tertiary/aromatic N) is 1. The van der Waals surface area contributed by atoms with E-state index in [1.807, 2.05) is 0 Å². The molecular weight excluding hydrogens is 256 g/mol. The van der Waals surface area contributed by atoms with E-state index in [4.69, 9.17) is 0 Å². The second-order valence-electron chi connectivity index (χ2n) is 7.19. The SMILES string of the molecule is CCC1CN(C2CCc3ccccc3C2)C(C(C)C)CN1. The minimum atomic E-state index is 0.678. The third-order valence-electron chi connectivity index (χ3n) is 5.53. The van der Waals surface area contributed by atoms with Crippen LogP contribution in [0.4, 0.5) is 0 Å². The third-order valence-corrected chi connectivity index (χ3v) is 5.53. The van der Waals surface area contributed by atoms with Gasteiger partial charge in [-0.1, -0.05) is 45.0 Å². The first-order chi connectivity index (χ1) is 10.2. The van der Waals surface area contributed by atoms with Crippen molar-refractivity contribution in [1.82, 2.24) is 10.2 Å². The first kappa shape index (κ1) is 15.1. The summed E-state index contributed by atoms with van der Waals surface area (Å²) in [6, 6.07) is 11.2. The molecule has 1 aliphatic carbocycles. The number of hydrogen-bond acceptors (Lipinski definition) is 2. The second kappa shape index (κ2) is 6.50. The van der Waals surface area contributed by atoms with E-state index < -0.39 is 0 Å². The molecule has 1 heterocycles. The highest BCUT2D eigenvalue weighted by Crippen LogP contribution is 2.28. The van der Waals surface area contributed by atoms with Crippen molar-refractivity contribution in [3.63, 3.8) is 0 Å². The van der Waals surface area contributed by atoms with Crippen LogP contribution in [0.5, 0.6) is 0 Å². The molecule has 1 aliphatic heterocycles. The highest BCUT2D eigenvalue weighted by molar-refractivity contribution is 5.30. The minimum absolute atomic E-state index is 0.678. The van der Waals surface area contributed by atoms with Gasteiger partial charge in [0, 0.05) is 31.2 Å². The molecule has 1 aromatic rings. The van der Waals surface area contributed by atoms with Gasteiger partial charge in [0.05, 0.1) is 0 Å². The molecule has 0 aromatic heterocycles. The first-order valence-electron chi connectivity index (χ1n) is 8.75. The Balaban J connectivity index is 1.77. The molecule has 116 valence electrons. The van der Waals surface area contributed by atoms with Gasteiger partial charge >= 0.3 is 0 Å². The zero-order valence-electron chi connectivity index (χ0n) is 13.8. The van der Waals surface area contributed by atoms with Crippen LogP contribution in [0.3, 0.4) is 0 Å². The van der Waals surface area contributed by atoms with Crippen molar-refractivity contribution in [3.05, 3.63) is 35.4 Å². The maximum absolute atomic E-state index is 3.75. The van der Waals surface area contributed by atoms with E-state index in [9.17, 15) is 0 Å². The summed E-state index contributed by atoms with van der Waals surface area (Å²) in [5, 5.41) is 3.75. The van der Waals surface area contributed by atoms with Crippen LogP contribution in [-0.4, -0.2) is 36.1 Å². The molecule has 3 atom stereocenters. The predicted octanol–water partition coefficient (Wildman–Crippen LogP) is 3.25. The summed E-state index contributed by atoms with van der Waals surface area (Å²) in [7, 11) is 0. The smallest absolute Gasteiger partial charge is 0.0247 e. The van der Waals surface area contributed by atoms with Crippen LogP contribution < -0.4 is 5.32 Å². The largest absolute Gasteiger partial charge is 0.311 e. The van der Waals surface area contributed by atoms with Gasteiger partial charge in [0.25, 0.3) is 0 Å². The number of fused-ring (bicyclic) bond motifs is 1. The summed E-state index contributed by atoms with van der Waals surface area (Å²) in [6.45, 7) is 9.45. The molecule has 0 amide bonds. The molecule has 3 unspecified atom stereocenters. The van der Waals surface area contributed by atoms with Gasteiger partial charge in [0.2, 0.25) is 0 Å². The summed E-state index contributed by atoms with van der Waals surface area (Å²) in [6.07, 6.45) is 5.07. The summed E-state index contributed by atoms with van der Waals surface area (Å²) < 4.78 is 0. The van der Waals surface area contributed by atoms with E-state index in [1.165, 1.54) is 32.2 Å². The van der Waals surface area contributed by atoms with Gasteiger partial charge in [0.1, 0.15) is 0 Å². The zero-order valence-corrected chi connectivity index (χ0v) is 13.8. The van der Waals surface area contributed by atoms with Crippen molar-refractivity contribution in [2.45, 2.75) is 64.6 Å². The third kappa shape index (κ3) is 3.17. The molecule has 0 spiro atoms. The Morgan fingerprint density at radius 2 is 2.00 bits per heavy atom. The van der Waals surface area contributed by atoms with Crippen LogP contribution in [0, 0.1) is 5.92 Å². The van der Waals surface area contributed by atoms with E-state index in [1.54, 1.807) is 11.1 Å². The number of benzene rings is 1. The summed E-state index contributed by atoms with van der Waals surface area (Å²) in [5.41, 5.74) is 3.17. The molecule has 3 rings (SSSR count). The topological polar surface area (TPSA) is 15.3 Å². The average molecular weight is 286 g/mol. The number of nitrogens with one attached hydrogen (secondary N) is 1. The lowest BCUT2D eigenvalue weighted by molar-refractivity contribution is 0.0485. The van der Waals surface area contributed by atoms with Gasteiger partial charge in [-0.2, -0.15) is 0 Å². The van der Waals surface area contributed by atoms with Gasteiger partial charge in [-0.25, -0.2) is 0 Å². The van der Waals surface area contributed by atoms with Crippen LogP contribution in [-0.2, 0) is 12.8 Å². The Bertz CT molecular complexity index is 468. The lowest BCUT2D eigenvalue weighted by Crippen LogP contribution is -2.61. The standard InChI is InChI=1S/C19H30N2/c1-4-17-13-21(19(12-20-17)14(2)3)18-10-9-15-7-5-6-8-16(15)11-18/h5-8,14,17-20H,4,9-13H2,1-3H3. The number of hydrogen-bond donors (Lipinski definition) is 1. The fraction of sp³-hybridized carbons (Fsp3) is 0.684. The van der Waals surface area contributed by atoms with Gasteiger partial charge in [-0.05, 0) is 42.7 Å². The lowest BCUT2D eigenvalue weighted by Gasteiger charge is -2.47. The van der Waals surface area contributed by atoms with Crippen LogP contribution in [0.25, 0.3) is 0 Å². The summed E-state index contributed by atoms with van der Waals surface area (Å²) in [5.74, 6) is 0.729. The number of aryl methyl sites for hydroxylation is 1. The zero-order chi connectivity index (χ0) is 14.8. The Labute approximate surface area is 129 Å². The van der Waals surface area contributed by atoms with Crippen LogP contribution in [0.2, 0.25) is 0 Å². The molecule has 1 fully saturated rings. The maximum Gasteiger partial charge on any atom is 0.0247 e. The quantitative estimate of drug-likeness (QED) is 0.917. The van der Waals surface area contributed by atoms with Crippen molar-refractivity contribution < 1.29 is 0 Å². The maximum atomic E-state index is 3.75. The Hall–Kier alpha value is -0.860. The van der Waals surface area contributed by atoms with Gasteiger partial charge < -0.3 is 5.32 Å². The van der Waals surface area contributed by atoms with Crippen molar-refractivity contribution >= 4 is 0 Å². The normalized spacial score (nSPS) is 30.4.